The molecule has 1 N–H and O–H groups in total. The van der Waals surface area contributed by atoms with Gasteiger partial charge in [0.2, 0.25) is 11.9 Å². The van der Waals surface area contributed by atoms with Gasteiger partial charge in [-0.15, -0.1) is 0 Å². The van der Waals surface area contributed by atoms with Gasteiger partial charge in [-0.2, -0.15) is 0 Å². The standard InChI is InChI=1S/C18H25FN4O2/c19-13-10-20-17(21-11-13)22-8-1-6-18(12-22)7-9-23(16(18)25)14-2-4-15(24)5-3-14/h10-11,14-15,24H,1-9,12H2/t14-,15+,18-/m1/s1. The molecule has 25 heavy (non-hydrogen) atoms. The molecule has 2 saturated heterocycles. The van der Waals surface area contributed by atoms with E-state index in [0.29, 0.717) is 12.5 Å². The van der Waals surface area contributed by atoms with Crippen molar-refractivity contribution in [3.05, 3.63) is 18.2 Å². The number of rotatable bonds is 2. The number of hydrogen-bond donors (Lipinski definition) is 1. The highest BCUT2D eigenvalue weighted by Gasteiger charge is 2.50. The second-order valence-electron chi connectivity index (χ2n) is 7.72. The summed E-state index contributed by atoms with van der Waals surface area (Å²) in [6.45, 7) is 2.22. The number of amides is 1. The molecule has 1 spiro atoms. The smallest absolute Gasteiger partial charge is 0.230 e. The zero-order valence-corrected chi connectivity index (χ0v) is 14.4. The first-order chi connectivity index (χ1) is 12.1. The van der Waals surface area contributed by atoms with Crippen LogP contribution >= 0.6 is 0 Å². The van der Waals surface area contributed by atoms with Crippen LogP contribution in [0.1, 0.15) is 44.9 Å². The number of carbonyl (C=O) groups excluding carboxylic acids is 1. The zero-order valence-electron chi connectivity index (χ0n) is 14.4. The van der Waals surface area contributed by atoms with Crippen molar-refractivity contribution in [3.8, 4) is 0 Å². The summed E-state index contributed by atoms with van der Waals surface area (Å²) in [7, 11) is 0. The van der Waals surface area contributed by atoms with E-state index < -0.39 is 5.82 Å². The second-order valence-corrected chi connectivity index (χ2v) is 7.72. The van der Waals surface area contributed by atoms with E-state index in [9.17, 15) is 14.3 Å². The number of piperidine rings is 1. The minimum atomic E-state index is -0.446. The summed E-state index contributed by atoms with van der Waals surface area (Å²) in [5.41, 5.74) is -0.355. The van der Waals surface area contributed by atoms with Gasteiger partial charge in [0.25, 0.3) is 0 Å². The van der Waals surface area contributed by atoms with Gasteiger partial charge >= 0.3 is 0 Å². The maximum absolute atomic E-state index is 13.2. The van der Waals surface area contributed by atoms with Crippen LogP contribution in [-0.4, -0.2) is 57.7 Å². The van der Waals surface area contributed by atoms with Crippen molar-refractivity contribution >= 4 is 11.9 Å². The number of carbonyl (C=O) groups is 1. The Kier molecular flexibility index (Phi) is 4.35. The van der Waals surface area contributed by atoms with E-state index in [1.807, 2.05) is 4.90 Å². The number of likely N-dealkylation sites (tertiary alicyclic amines) is 1. The molecule has 136 valence electrons. The summed E-state index contributed by atoms with van der Waals surface area (Å²) in [6.07, 6.45) is 8.21. The van der Waals surface area contributed by atoms with Crippen molar-refractivity contribution in [2.75, 3.05) is 24.5 Å². The van der Waals surface area contributed by atoms with Gasteiger partial charge in [0.05, 0.1) is 23.9 Å². The summed E-state index contributed by atoms with van der Waals surface area (Å²) in [6, 6.07) is 0.271. The third-order valence-electron chi connectivity index (χ3n) is 6.12. The molecule has 4 rings (SSSR count). The van der Waals surface area contributed by atoms with Crippen LogP contribution in [0.5, 0.6) is 0 Å². The Bertz CT molecular complexity index is 632. The third-order valence-corrected chi connectivity index (χ3v) is 6.12. The highest BCUT2D eigenvalue weighted by atomic mass is 19.1. The second kappa shape index (κ2) is 6.52. The molecular weight excluding hydrogens is 323 g/mol. The van der Waals surface area contributed by atoms with Crippen molar-refractivity contribution in [1.29, 1.82) is 0 Å². The molecule has 1 aromatic rings. The van der Waals surface area contributed by atoms with E-state index in [1.165, 1.54) is 12.4 Å². The number of nitrogens with zero attached hydrogens (tertiary/aromatic N) is 4. The van der Waals surface area contributed by atoms with Crippen LogP contribution in [0.2, 0.25) is 0 Å². The number of aromatic nitrogens is 2. The topological polar surface area (TPSA) is 69.6 Å². The number of halogens is 1. The normalized spacial score (nSPS) is 33.3. The molecule has 0 unspecified atom stereocenters. The van der Waals surface area contributed by atoms with E-state index in [0.717, 1.165) is 58.0 Å². The lowest BCUT2D eigenvalue weighted by Crippen LogP contribution is -2.50. The van der Waals surface area contributed by atoms with Gasteiger partial charge in [-0.3, -0.25) is 4.79 Å². The predicted octanol–water partition coefficient (Wildman–Crippen LogP) is 1.74. The maximum Gasteiger partial charge on any atom is 0.230 e. The monoisotopic (exact) mass is 348 g/mol. The Labute approximate surface area is 147 Å². The molecule has 1 amide bonds. The lowest BCUT2D eigenvalue weighted by atomic mass is 9.78. The van der Waals surface area contributed by atoms with E-state index in [-0.39, 0.29) is 23.5 Å². The zero-order chi connectivity index (χ0) is 17.4. The first kappa shape index (κ1) is 16.7. The van der Waals surface area contributed by atoms with E-state index in [4.69, 9.17) is 0 Å². The van der Waals surface area contributed by atoms with Gasteiger partial charge in [-0.1, -0.05) is 0 Å². The average Bonchev–Trinajstić information content (AvgIpc) is 2.93. The Morgan fingerprint density at radius 3 is 2.56 bits per heavy atom. The SMILES string of the molecule is O=C1N([C@H]2CC[C@@H](O)CC2)CC[C@@]12CCCN(c1ncc(F)cn1)C2. The minimum absolute atomic E-state index is 0.205. The Morgan fingerprint density at radius 2 is 1.84 bits per heavy atom. The van der Waals surface area contributed by atoms with Crippen LogP contribution in [-0.2, 0) is 4.79 Å². The van der Waals surface area contributed by atoms with E-state index >= 15 is 0 Å². The van der Waals surface area contributed by atoms with Gasteiger partial charge < -0.3 is 14.9 Å². The fraction of sp³-hybridized carbons (Fsp3) is 0.722. The Balaban J connectivity index is 1.48. The molecule has 1 aliphatic carbocycles. The van der Waals surface area contributed by atoms with Gasteiger partial charge in [-0.05, 0) is 44.9 Å². The Hall–Kier alpha value is -1.76. The van der Waals surface area contributed by atoms with Crippen LogP contribution in [0.15, 0.2) is 12.4 Å². The summed E-state index contributed by atoms with van der Waals surface area (Å²) in [5, 5.41) is 9.71. The number of aliphatic hydroxyl groups excluding tert-OH is 1. The van der Waals surface area contributed by atoms with Gasteiger partial charge in [0, 0.05) is 25.7 Å². The molecule has 3 fully saturated rings. The Morgan fingerprint density at radius 1 is 1.12 bits per heavy atom. The average molecular weight is 348 g/mol. The fourth-order valence-corrected chi connectivity index (χ4v) is 4.72. The lowest BCUT2D eigenvalue weighted by Gasteiger charge is -2.40. The number of anilines is 1. The molecule has 2 aliphatic heterocycles. The van der Waals surface area contributed by atoms with Gasteiger partial charge in [0.15, 0.2) is 5.82 Å². The molecule has 1 saturated carbocycles. The van der Waals surface area contributed by atoms with E-state index in [2.05, 4.69) is 14.9 Å². The summed E-state index contributed by atoms with van der Waals surface area (Å²) >= 11 is 0. The molecule has 3 heterocycles. The van der Waals surface area contributed by atoms with Crippen LogP contribution in [0.25, 0.3) is 0 Å². The molecular formula is C18H25FN4O2. The molecule has 1 atom stereocenters. The van der Waals surface area contributed by atoms with Crippen LogP contribution in [0.4, 0.5) is 10.3 Å². The van der Waals surface area contributed by atoms with Crippen molar-refractivity contribution in [2.45, 2.75) is 57.1 Å². The molecule has 0 radical (unpaired) electrons. The minimum Gasteiger partial charge on any atom is -0.393 e. The number of aliphatic hydroxyl groups is 1. The molecule has 1 aromatic heterocycles. The molecule has 3 aliphatic rings. The van der Waals surface area contributed by atoms with Crippen molar-refractivity contribution < 1.29 is 14.3 Å². The summed E-state index contributed by atoms with van der Waals surface area (Å²) < 4.78 is 13.1. The first-order valence-electron chi connectivity index (χ1n) is 9.29. The highest BCUT2D eigenvalue weighted by molar-refractivity contribution is 5.86. The molecule has 0 aromatic carbocycles. The van der Waals surface area contributed by atoms with E-state index in [1.54, 1.807) is 0 Å². The summed E-state index contributed by atoms with van der Waals surface area (Å²) in [4.78, 5) is 25.5. The number of hydrogen-bond acceptors (Lipinski definition) is 5. The predicted molar refractivity (Wildman–Crippen MR) is 90.5 cm³/mol. The van der Waals surface area contributed by atoms with Crippen molar-refractivity contribution in [2.24, 2.45) is 5.41 Å². The van der Waals surface area contributed by atoms with Gasteiger partial charge in [-0.25, -0.2) is 14.4 Å². The largest absolute Gasteiger partial charge is 0.393 e. The van der Waals surface area contributed by atoms with Crippen molar-refractivity contribution in [1.82, 2.24) is 14.9 Å². The van der Waals surface area contributed by atoms with Crippen molar-refractivity contribution in [3.63, 3.8) is 0 Å². The maximum atomic E-state index is 13.2. The van der Waals surface area contributed by atoms with Crippen LogP contribution in [0, 0.1) is 11.2 Å². The fourth-order valence-electron chi connectivity index (χ4n) is 4.72. The third kappa shape index (κ3) is 3.10. The quantitative estimate of drug-likeness (QED) is 0.882. The summed E-state index contributed by atoms with van der Waals surface area (Å²) in [5.74, 6) is 0.311. The molecule has 6 nitrogen and oxygen atoms in total. The first-order valence-corrected chi connectivity index (χ1v) is 9.29. The van der Waals surface area contributed by atoms with Crippen LogP contribution < -0.4 is 4.90 Å². The van der Waals surface area contributed by atoms with Crippen LogP contribution in [0.3, 0.4) is 0 Å². The van der Waals surface area contributed by atoms with Gasteiger partial charge in [0.1, 0.15) is 0 Å². The highest BCUT2D eigenvalue weighted by Crippen LogP contribution is 2.43. The molecule has 0 bridgehead atoms. The lowest BCUT2D eigenvalue weighted by molar-refractivity contribution is -0.139. The molecule has 7 heteroatoms.